The molecule has 27 heavy (non-hydrogen) atoms. The number of sulfonamides is 1. The minimum atomic E-state index is -3.57. The maximum Gasteiger partial charge on any atom is 0.240 e. The van der Waals surface area contributed by atoms with Crippen LogP contribution >= 0.6 is 0 Å². The molecule has 0 aliphatic carbocycles. The van der Waals surface area contributed by atoms with E-state index in [0.29, 0.717) is 12.2 Å². The Morgan fingerprint density at radius 3 is 2.33 bits per heavy atom. The average Bonchev–Trinajstić information content (AvgIpc) is 2.57. The van der Waals surface area contributed by atoms with Gasteiger partial charge in [0.25, 0.3) is 0 Å². The number of benzene rings is 1. The van der Waals surface area contributed by atoms with Gasteiger partial charge in [-0.1, -0.05) is 17.7 Å². The Kier molecular flexibility index (Phi) is 7.64. The van der Waals surface area contributed by atoms with Crippen molar-refractivity contribution in [1.82, 2.24) is 10.2 Å². The number of carbonyl (C=O) groups excluding carboxylic acids is 1. The second-order valence-electron chi connectivity index (χ2n) is 7.17. The Balaban J connectivity index is 1.95. The van der Waals surface area contributed by atoms with E-state index >= 15 is 0 Å². The summed E-state index contributed by atoms with van der Waals surface area (Å²) in [6.07, 6.45) is 1.96. The van der Waals surface area contributed by atoms with E-state index in [9.17, 15) is 13.2 Å². The van der Waals surface area contributed by atoms with Crippen LogP contribution in [0.15, 0.2) is 12.1 Å². The summed E-state index contributed by atoms with van der Waals surface area (Å²) in [4.78, 5) is 14.7. The maximum atomic E-state index is 12.4. The minimum Gasteiger partial charge on any atom is -0.379 e. The van der Waals surface area contributed by atoms with Gasteiger partial charge < -0.3 is 10.1 Å². The Morgan fingerprint density at radius 1 is 1.19 bits per heavy atom. The van der Waals surface area contributed by atoms with Crippen LogP contribution in [0.5, 0.6) is 0 Å². The molecule has 0 unspecified atom stereocenters. The highest BCUT2D eigenvalue weighted by Gasteiger charge is 2.24. The normalized spacial score (nSPS) is 15.6. The molecule has 7 nitrogen and oxygen atoms in total. The fraction of sp³-hybridized carbons (Fsp3) is 0.632. The van der Waals surface area contributed by atoms with Crippen molar-refractivity contribution in [2.24, 2.45) is 0 Å². The van der Waals surface area contributed by atoms with Crippen LogP contribution in [0.2, 0.25) is 0 Å². The predicted octanol–water partition coefficient (Wildman–Crippen LogP) is 1.22. The van der Waals surface area contributed by atoms with Crippen molar-refractivity contribution < 1.29 is 17.9 Å². The lowest BCUT2D eigenvalue weighted by atomic mass is 10.1. The van der Waals surface area contributed by atoms with E-state index in [-0.39, 0.29) is 12.5 Å². The molecule has 1 aliphatic heterocycles. The highest BCUT2D eigenvalue weighted by Crippen LogP contribution is 2.28. The molecule has 0 radical (unpaired) electrons. The van der Waals surface area contributed by atoms with Gasteiger partial charge in [-0.2, -0.15) is 0 Å². The van der Waals surface area contributed by atoms with Gasteiger partial charge in [0, 0.05) is 19.6 Å². The summed E-state index contributed by atoms with van der Waals surface area (Å²) in [6.45, 7) is 10.3. The molecule has 8 heteroatoms. The quantitative estimate of drug-likeness (QED) is 0.667. The number of carbonyl (C=O) groups is 1. The number of hydrogen-bond acceptors (Lipinski definition) is 5. The molecule has 0 saturated carbocycles. The molecule has 1 fully saturated rings. The number of hydrogen-bond donors (Lipinski definition) is 1. The van der Waals surface area contributed by atoms with Crippen LogP contribution in [0, 0.1) is 20.8 Å². The van der Waals surface area contributed by atoms with Gasteiger partial charge in [-0.3, -0.25) is 14.0 Å². The molecule has 2 rings (SSSR count). The summed E-state index contributed by atoms with van der Waals surface area (Å²) < 4.78 is 31.2. The zero-order valence-electron chi connectivity index (χ0n) is 16.7. The van der Waals surface area contributed by atoms with Crippen molar-refractivity contribution in [1.29, 1.82) is 0 Å². The molecule has 1 N–H and O–H groups in total. The number of rotatable bonds is 8. The molecule has 1 aromatic rings. The molecule has 0 atom stereocenters. The van der Waals surface area contributed by atoms with E-state index in [2.05, 4.69) is 10.2 Å². The number of aryl methyl sites for hydroxylation is 3. The number of anilines is 1. The second kappa shape index (κ2) is 9.52. The smallest absolute Gasteiger partial charge is 0.240 e. The van der Waals surface area contributed by atoms with Gasteiger partial charge >= 0.3 is 0 Å². The van der Waals surface area contributed by atoms with Crippen molar-refractivity contribution in [3.8, 4) is 0 Å². The first kappa shape index (κ1) is 21.7. The second-order valence-corrected chi connectivity index (χ2v) is 9.08. The Morgan fingerprint density at radius 2 is 1.78 bits per heavy atom. The van der Waals surface area contributed by atoms with Gasteiger partial charge in [0.05, 0.1) is 25.2 Å². The first-order valence-corrected chi connectivity index (χ1v) is 11.2. The number of nitrogens with zero attached hydrogens (tertiary/aromatic N) is 2. The molecule has 1 amide bonds. The Bertz CT molecular complexity index is 735. The number of amides is 1. The maximum absolute atomic E-state index is 12.4. The third kappa shape index (κ3) is 6.48. The average molecular weight is 398 g/mol. The van der Waals surface area contributed by atoms with Crippen LogP contribution in [0.1, 0.15) is 23.1 Å². The number of nitrogens with one attached hydrogen (secondary N) is 1. The zero-order valence-corrected chi connectivity index (χ0v) is 17.6. The summed E-state index contributed by atoms with van der Waals surface area (Å²) in [5.41, 5.74) is 3.34. The summed E-state index contributed by atoms with van der Waals surface area (Å²) in [5, 5.41) is 2.84. The predicted molar refractivity (Wildman–Crippen MR) is 108 cm³/mol. The third-order valence-electron chi connectivity index (χ3n) is 4.65. The molecule has 1 heterocycles. The molecule has 1 aliphatic rings. The van der Waals surface area contributed by atoms with E-state index in [0.717, 1.165) is 62.2 Å². The molecule has 152 valence electrons. The van der Waals surface area contributed by atoms with Crippen molar-refractivity contribution in [3.63, 3.8) is 0 Å². The van der Waals surface area contributed by atoms with Crippen LogP contribution in [-0.4, -0.2) is 71.4 Å². The first-order valence-electron chi connectivity index (χ1n) is 9.31. The van der Waals surface area contributed by atoms with Gasteiger partial charge in [-0.25, -0.2) is 8.42 Å². The largest absolute Gasteiger partial charge is 0.379 e. The van der Waals surface area contributed by atoms with E-state index < -0.39 is 10.0 Å². The molecule has 1 aromatic carbocycles. The molecule has 1 saturated heterocycles. The standard InChI is InChI=1S/C19H31N3O4S/c1-15-12-16(2)19(17(3)13-15)22(27(4,24)25)14-18(23)20-6-5-7-21-8-10-26-11-9-21/h12-13H,5-11,14H2,1-4H3,(H,20,23). The lowest BCUT2D eigenvalue weighted by Gasteiger charge is -2.27. The van der Waals surface area contributed by atoms with E-state index in [1.165, 1.54) is 4.31 Å². The van der Waals surface area contributed by atoms with Crippen molar-refractivity contribution in [2.75, 3.05) is 56.5 Å². The molecule has 0 aromatic heterocycles. The van der Waals surface area contributed by atoms with Crippen molar-refractivity contribution in [2.45, 2.75) is 27.2 Å². The minimum absolute atomic E-state index is 0.207. The molecule has 0 bridgehead atoms. The van der Waals surface area contributed by atoms with Crippen LogP contribution in [0.25, 0.3) is 0 Å². The Labute approximate surface area is 162 Å². The van der Waals surface area contributed by atoms with Crippen LogP contribution in [-0.2, 0) is 19.6 Å². The van der Waals surface area contributed by atoms with Gasteiger partial charge in [-0.05, 0) is 44.9 Å². The first-order chi connectivity index (χ1) is 12.7. The third-order valence-corrected chi connectivity index (χ3v) is 5.76. The fourth-order valence-corrected chi connectivity index (χ4v) is 4.44. The topological polar surface area (TPSA) is 79.0 Å². The van der Waals surface area contributed by atoms with Crippen LogP contribution in [0.4, 0.5) is 5.69 Å². The van der Waals surface area contributed by atoms with Gasteiger partial charge in [-0.15, -0.1) is 0 Å². The zero-order chi connectivity index (χ0) is 20.0. The summed E-state index contributed by atoms with van der Waals surface area (Å²) in [6, 6.07) is 3.86. The number of morpholine rings is 1. The lowest BCUT2D eigenvalue weighted by Crippen LogP contribution is -2.42. The fourth-order valence-electron chi connectivity index (χ4n) is 3.47. The van der Waals surface area contributed by atoms with Gasteiger partial charge in [0.2, 0.25) is 15.9 Å². The van der Waals surface area contributed by atoms with E-state index in [1.54, 1.807) is 0 Å². The summed E-state index contributed by atoms with van der Waals surface area (Å²) in [7, 11) is -3.57. The van der Waals surface area contributed by atoms with Crippen molar-refractivity contribution in [3.05, 3.63) is 28.8 Å². The molecular weight excluding hydrogens is 366 g/mol. The van der Waals surface area contributed by atoms with Crippen molar-refractivity contribution >= 4 is 21.6 Å². The summed E-state index contributed by atoms with van der Waals surface area (Å²) >= 11 is 0. The monoisotopic (exact) mass is 397 g/mol. The summed E-state index contributed by atoms with van der Waals surface area (Å²) in [5.74, 6) is -0.290. The van der Waals surface area contributed by atoms with Crippen LogP contribution in [0.3, 0.4) is 0 Å². The van der Waals surface area contributed by atoms with Gasteiger partial charge in [0.1, 0.15) is 6.54 Å². The van der Waals surface area contributed by atoms with E-state index in [1.807, 2.05) is 32.9 Å². The number of ether oxygens (including phenoxy) is 1. The highest BCUT2D eigenvalue weighted by atomic mass is 32.2. The Hall–Kier alpha value is -1.64. The van der Waals surface area contributed by atoms with Gasteiger partial charge in [0.15, 0.2) is 0 Å². The van der Waals surface area contributed by atoms with E-state index in [4.69, 9.17) is 4.74 Å². The van der Waals surface area contributed by atoms with Crippen LogP contribution < -0.4 is 9.62 Å². The molecular formula is C19H31N3O4S. The molecule has 0 spiro atoms. The lowest BCUT2D eigenvalue weighted by molar-refractivity contribution is -0.119. The SMILES string of the molecule is Cc1cc(C)c(N(CC(=O)NCCCN2CCOCC2)S(C)(=O)=O)c(C)c1. The highest BCUT2D eigenvalue weighted by molar-refractivity contribution is 7.92.